The molecule has 1 aromatic rings. The number of ether oxygens (including phenoxy) is 2. The van der Waals surface area contributed by atoms with Crippen LogP contribution in [0, 0.1) is 11.3 Å². The molecule has 4 nitrogen and oxygen atoms in total. The van der Waals surface area contributed by atoms with Gasteiger partial charge in [-0.15, -0.1) is 0 Å². The number of benzene rings is 1. The molecule has 2 atom stereocenters. The van der Waals surface area contributed by atoms with Crippen LogP contribution in [0.2, 0.25) is 0 Å². The van der Waals surface area contributed by atoms with Crippen molar-refractivity contribution in [2.45, 2.75) is 40.2 Å². The summed E-state index contributed by atoms with van der Waals surface area (Å²) in [6, 6.07) is 9.65. The van der Waals surface area contributed by atoms with E-state index in [-0.39, 0.29) is 24.0 Å². The molecule has 1 aliphatic rings. The first-order valence-electron chi connectivity index (χ1n) is 7.43. The van der Waals surface area contributed by atoms with Gasteiger partial charge in [0, 0.05) is 6.92 Å². The van der Waals surface area contributed by atoms with E-state index < -0.39 is 5.41 Å². The molecule has 0 unspecified atom stereocenters. The first kappa shape index (κ1) is 16.3. The summed E-state index contributed by atoms with van der Waals surface area (Å²) in [6.45, 7) is 6.82. The van der Waals surface area contributed by atoms with Crippen LogP contribution >= 0.6 is 0 Å². The third-order valence-corrected chi connectivity index (χ3v) is 3.35. The van der Waals surface area contributed by atoms with Crippen molar-refractivity contribution in [2.24, 2.45) is 11.3 Å². The molecule has 1 aromatic carbocycles. The lowest BCUT2D eigenvalue weighted by molar-refractivity contribution is -0.149. The Morgan fingerprint density at radius 2 is 1.82 bits per heavy atom. The smallest absolute Gasteiger partial charge is 0.316 e. The van der Waals surface area contributed by atoms with Gasteiger partial charge in [0.25, 0.3) is 0 Å². The molecule has 1 saturated carbocycles. The highest BCUT2D eigenvalue weighted by Crippen LogP contribution is 2.42. The topological polar surface area (TPSA) is 52.6 Å². The second-order valence-electron chi connectivity index (χ2n) is 6.59. The Kier molecular flexibility index (Phi) is 4.69. The molecular formula is C18H22O4. The second kappa shape index (κ2) is 6.34. The van der Waals surface area contributed by atoms with Gasteiger partial charge < -0.3 is 9.47 Å². The minimum absolute atomic E-state index is 0.0459. The Labute approximate surface area is 131 Å². The molecule has 4 heteroatoms. The fourth-order valence-corrected chi connectivity index (χ4v) is 2.00. The molecule has 0 spiro atoms. The Morgan fingerprint density at radius 3 is 2.36 bits per heavy atom. The molecule has 0 radical (unpaired) electrons. The zero-order valence-corrected chi connectivity index (χ0v) is 13.5. The molecule has 0 heterocycles. The molecule has 0 amide bonds. The Morgan fingerprint density at radius 1 is 1.18 bits per heavy atom. The monoisotopic (exact) mass is 302 g/mol. The van der Waals surface area contributed by atoms with E-state index >= 15 is 0 Å². The Hall–Kier alpha value is -2.10. The van der Waals surface area contributed by atoms with E-state index in [1.54, 1.807) is 0 Å². The van der Waals surface area contributed by atoms with Crippen molar-refractivity contribution in [2.75, 3.05) is 0 Å². The van der Waals surface area contributed by atoms with Crippen LogP contribution in [0.1, 0.15) is 39.7 Å². The van der Waals surface area contributed by atoms with E-state index in [1.807, 2.05) is 57.2 Å². The lowest BCUT2D eigenvalue weighted by Gasteiger charge is -2.18. The van der Waals surface area contributed by atoms with Gasteiger partial charge in [-0.25, -0.2) is 0 Å². The predicted molar refractivity (Wildman–Crippen MR) is 83.6 cm³/mol. The molecule has 118 valence electrons. The molecule has 0 saturated heterocycles. The minimum Gasteiger partial charge on any atom is -0.462 e. The highest BCUT2D eigenvalue weighted by Gasteiger charge is 2.45. The molecule has 1 aliphatic carbocycles. The van der Waals surface area contributed by atoms with Gasteiger partial charge in [0.1, 0.15) is 11.9 Å². The lowest BCUT2D eigenvalue weighted by atomic mass is 9.97. The van der Waals surface area contributed by atoms with Crippen LogP contribution in [0.4, 0.5) is 0 Å². The van der Waals surface area contributed by atoms with Gasteiger partial charge in [0.15, 0.2) is 0 Å². The van der Waals surface area contributed by atoms with Crippen LogP contribution in [0.25, 0.3) is 6.08 Å². The van der Waals surface area contributed by atoms with Crippen molar-refractivity contribution in [3.8, 4) is 0 Å². The highest BCUT2D eigenvalue weighted by molar-refractivity contribution is 5.77. The van der Waals surface area contributed by atoms with Gasteiger partial charge in [0.05, 0.1) is 11.3 Å². The number of hydrogen-bond donors (Lipinski definition) is 0. The largest absolute Gasteiger partial charge is 0.462 e. The van der Waals surface area contributed by atoms with E-state index in [0.29, 0.717) is 12.2 Å². The van der Waals surface area contributed by atoms with Crippen molar-refractivity contribution in [1.29, 1.82) is 0 Å². The quantitative estimate of drug-likeness (QED) is 0.630. The van der Waals surface area contributed by atoms with Crippen molar-refractivity contribution < 1.29 is 19.1 Å². The predicted octanol–water partition coefficient (Wildman–Crippen LogP) is 3.57. The fraction of sp³-hybridized carbons (Fsp3) is 0.444. The molecule has 0 bridgehead atoms. The fourth-order valence-electron chi connectivity index (χ4n) is 2.00. The molecule has 0 N–H and O–H groups in total. The normalized spacial score (nSPS) is 21.2. The zero-order valence-electron chi connectivity index (χ0n) is 13.5. The van der Waals surface area contributed by atoms with E-state index in [0.717, 1.165) is 5.56 Å². The van der Waals surface area contributed by atoms with Gasteiger partial charge in [-0.1, -0.05) is 30.3 Å². The minimum atomic E-state index is -0.582. The summed E-state index contributed by atoms with van der Waals surface area (Å²) in [4.78, 5) is 23.2. The van der Waals surface area contributed by atoms with Crippen molar-refractivity contribution in [1.82, 2.24) is 0 Å². The maximum atomic E-state index is 12.2. The number of carbonyl (C=O) groups excluding carboxylic acids is 2. The third kappa shape index (κ3) is 4.45. The van der Waals surface area contributed by atoms with Crippen LogP contribution in [0.15, 0.2) is 36.1 Å². The summed E-state index contributed by atoms with van der Waals surface area (Å²) in [5.41, 5.74) is 0.370. The van der Waals surface area contributed by atoms with Crippen LogP contribution in [-0.4, -0.2) is 18.0 Å². The molecule has 22 heavy (non-hydrogen) atoms. The summed E-state index contributed by atoms with van der Waals surface area (Å²) >= 11 is 0. The first-order chi connectivity index (χ1) is 10.3. The second-order valence-corrected chi connectivity index (χ2v) is 6.59. The highest BCUT2D eigenvalue weighted by atomic mass is 16.6. The summed E-state index contributed by atoms with van der Waals surface area (Å²) in [5.74, 6) is -0.0790. The zero-order chi connectivity index (χ0) is 16.3. The van der Waals surface area contributed by atoms with Crippen LogP contribution in [0.3, 0.4) is 0 Å². The maximum Gasteiger partial charge on any atom is 0.316 e. The molecule has 1 fully saturated rings. The van der Waals surface area contributed by atoms with Crippen molar-refractivity contribution in [3.05, 3.63) is 41.7 Å². The van der Waals surface area contributed by atoms with E-state index in [2.05, 4.69) is 0 Å². The number of carbonyl (C=O) groups is 2. The molecule has 2 rings (SSSR count). The first-order valence-corrected chi connectivity index (χ1v) is 7.43. The number of esters is 2. The van der Waals surface area contributed by atoms with Gasteiger partial charge >= 0.3 is 11.9 Å². The average molecular weight is 302 g/mol. The van der Waals surface area contributed by atoms with Gasteiger partial charge in [0.2, 0.25) is 0 Å². The number of rotatable bonds is 4. The standard InChI is InChI=1S/C18H22O4/c1-12(19)21-16-11-14(16)15(22-17(20)18(2,3)4)10-13-8-6-5-7-9-13/h5-10,14,16H,11H2,1-4H3/b15-10-/t14-,16-/m1/s1. The molecule has 0 aromatic heterocycles. The van der Waals surface area contributed by atoms with Crippen LogP contribution in [-0.2, 0) is 19.1 Å². The summed E-state index contributed by atoms with van der Waals surface area (Å²) < 4.78 is 10.8. The molecular weight excluding hydrogens is 280 g/mol. The number of hydrogen-bond acceptors (Lipinski definition) is 4. The van der Waals surface area contributed by atoms with E-state index in [4.69, 9.17) is 9.47 Å². The average Bonchev–Trinajstić information content (AvgIpc) is 3.16. The van der Waals surface area contributed by atoms with Gasteiger partial charge in [-0.3, -0.25) is 9.59 Å². The van der Waals surface area contributed by atoms with Gasteiger partial charge in [-0.05, 0) is 38.8 Å². The van der Waals surface area contributed by atoms with E-state index in [1.165, 1.54) is 6.92 Å². The van der Waals surface area contributed by atoms with E-state index in [9.17, 15) is 9.59 Å². The summed E-state index contributed by atoms with van der Waals surface area (Å²) in [7, 11) is 0. The third-order valence-electron chi connectivity index (χ3n) is 3.35. The van der Waals surface area contributed by atoms with Crippen LogP contribution < -0.4 is 0 Å². The van der Waals surface area contributed by atoms with Crippen molar-refractivity contribution >= 4 is 18.0 Å². The van der Waals surface area contributed by atoms with Gasteiger partial charge in [-0.2, -0.15) is 0 Å². The Balaban J connectivity index is 2.17. The van der Waals surface area contributed by atoms with Crippen LogP contribution in [0.5, 0.6) is 0 Å². The summed E-state index contributed by atoms with van der Waals surface area (Å²) in [6.07, 6.45) is 2.34. The van der Waals surface area contributed by atoms with Crippen molar-refractivity contribution in [3.63, 3.8) is 0 Å². The molecule has 0 aliphatic heterocycles. The summed E-state index contributed by atoms with van der Waals surface area (Å²) in [5, 5.41) is 0. The lowest BCUT2D eigenvalue weighted by Crippen LogP contribution is -2.23. The SMILES string of the molecule is CC(=O)O[C@@H]1C[C@@H]1/C(=C/c1ccccc1)OC(=O)C(C)(C)C. The Bertz CT molecular complexity index is 581. The maximum absolute atomic E-state index is 12.2.